The molecule has 9 aromatic rings. The Bertz CT molecular complexity index is 3020. The monoisotopic (exact) mass is 753 g/mol. The Kier molecular flexibility index (Phi) is 9.13. The van der Waals surface area contributed by atoms with Crippen molar-refractivity contribution in [2.45, 2.75) is 40.0 Å². The van der Waals surface area contributed by atoms with Crippen LogP contribution in [0.5, 0.6) is 5.75 Å². The number of hydrogen-bond donors (Lipinski definition) is 1. The van der Waals surface area contributed by atoms with Gasteiger partial charge in [0.05, 0.1) is 28.0 Å². The summed E-state index contributed by atoms with van der Waals surface area (Å²) in [5, 5.41) is 11.3. The second-order valence-electron chi connectivity index (χ2n) is 15.1. The molecule has 0 aliphatic heterocycles. The van der Waals surface area contributed by atoms with Gasteiger partial charge in [0.1, 0.15) is 11.6 Å². The van der Waals surface area contributed by atoms with Crippen LogP contribution >= 0.6 is 0 Å². The van der Waals surface area contributed by atoms with E-state index < -0.39 is 12.3 Å². The summed E-state index contributed by atoms with van der Waals surface area (Å²) >= 11 is 0. The Morgan fingerprint density at radius 1 is 0.603 bits per heavy atom. The van der Waals surface area contributed by atoms with Gasteiger partial charge >= 0.3 is 0 Å². The van der Waals surface area contributed by atoms with Crippen LogP contribution in [0, 0.1) is 6.92 Å². The smallest absolute Gasteiger partial charge is 0.149 e. The maximum Gasteiger partial charge on any atom is 0.149 e. The Balaban J connectivity index is 1.24. The van der Waals surface area contributed by atoms with Crippen LogP contribution in [-0.4, -0.2) is 19.6 Å². The molecule has 0 bridgehead atoms. The molecule has 1 unspecified atom stereocenters. The minimum Gasteiger partial charge on any atom is -0.507 e. The molecule has 0 saturated carbocycles. The first-order valence-corrected chi connectivity index (χ1v) is 19.7. The molecule has 0 saturated heterocycles. The first kappa shape index (κ1) is 34.2. The molecule has 9 rings (SSSR count). The minimum atomic E-state index is -0.807. The third-order valence-electron chi connectivity index (χ3n) is 11.0. The van der Waals surface area contributed by atoms with Crippen molar-refractivity contribution in [2.24, 2.45) is 0 Å². The first-order chi connectivity index (χ1) is 29.0. The average molecular weight is 754 g/mol. The summed E-state index contributed by atoms with van der Waals surface area (Å²) in [4.78, 5) is 10.3. The van der Waals surface area contributed by atoms with Gasteiger partial charge in [0, 0.05) is 20.1 Å². The molecule has 4 heteroatoms. The predicted octanol–water partition coefficient (Wildman–Crippen LogP) is 14.1. The molecule has 0 fully saturated rings. The van der Waals surface area contributed by atoms with E-state index in [0.717, 1.165) is 89.2 Å². The molecule has 2 heterocycles. The zero-order chi connectivity index (χ0) is 41.5. The number of nitrogens with zero attached hydrogens (tertiary/aromatic N) is 3. The lowest BCUT2D eigenvalue weighted by Gasteiger charge is -2.16. The number of aryl methyl sites for hydroxylation is 2. The van der Waals surface area contributed by atoms with Crippen molar-refractivity contribution in [1.29, 1.82) is 0 Å². The van der Waals surface area contributed by atoms with Gasteiger partial charge in [-0.05, 0) is 136 Å². The first-order valence-electron chi connectivity index (χ1n) is 20.8. The number of phenols is 1. The predicted molar refractivity (Wildman–Crippen MR) is 241 cm³/mol. The van der Waals surface area contributed by atoms with Crippen LogP contribution in [0.3, 0.4) is 0 Å². The number of phenolic OH excluding ortho intramolecular Hbond substituents is 1. The van der Waals surface area contributed by atoms with Crippen molar-refractivity contribution in [1.82, 2.24) is 14.5 Å². The van der Waals surface area contributed by atoms with Gasteiger partial charge in [0.2, 0.25) is 0 Å². The van der Waals surface area contributed by atoms with Crippen LogP contribution in [0.4, 0.5) is 0 Å². The summed E-state index contributed by atoms with van der Waals surface area (Å²) in [6, 6.07) is 57.8. The molecule has 58 heavy (non-hydrogen) atoms. The fourth-order valence-corrected chi connectivity index (χ4v) is 7.91. The second-order valence-corrected chi connectivity index (χ2v) is 15.1. The van der Waals surface area contributed by atoms with Gasteiger partial charge in [-0.1, -0.05) is 130 Å². The van der Waals surface area contributed by atoms with Crippen LogP contribution in [0.1, 0.15) is 46.1 Å². The molecule has 1 N–H and O–H groups in total. The third-order valence-corrected chi connectivity index (χ3v) is 11.0. The Hall–Kier alpha value is -7.04. The lowest BCUT2D eigenvalue weighted by Crippen LogP contribution is -2.01. The van der Waals surface area contributed by atoms with Crippen molar-refractivity contribution in [3.05, 3.63) is 193 Å². The van der Waals surface area contributed by atoms with Crippen molar-refractivity contribution >= 4 is 11.0 Å². The summed E-state index contributed by atoms with van der Waals surface area (Å²) in [6.07, 6.45) is 1.46. The van der Waals surface area contributed by atoms with Gasteiger partial charge in [0.15, 0.2) is 0 Å². The van der Waals surface area contributed by atoms with Gasteiger partial charge in [-0.15, -0.1) is 0 Å². The van der Waals surface area contributed by atoms with E-state index in [9.17, 15) is 5.11 Å². The van der Waals surface area contributed by atoms with E-state index in [-0.39, 0.29) is 5.75 Å². The van der Waals surface area contributed by atoms with E-state index in [2.05, 4.69) is 133 Å². The molecule has 0 aliphatic carbocycles. The normalized spacial score (nSPS) is 12.6. The molecule has 0 amide bonds. The van der Waals surface area contributed by atoms with Crippen molar-refractivity contribution in [3.63, 3.8) is 0 Å². The topological polar surface area (TPSA) is 50.9 Å². The zero-order valence-corrected chi connectivity index (χ0v) is 33.1. The number of aromatic hydroxyl groups is 1. The molecule has 7 aromatic carbocycles. The SMILES string of the molecule is [2H]C(C)c1cc(-c2ccc(-n3c(-c4ccccc4O)nc4c(-c5cc(-c6ccccc6)cc(-c6cc(-c7ccccc7)ccn6)c5)cccc43)c(C)c2)cc(C([2H])(C)C)c1. The minimum absolute atomic E-state index is 0.148. The highest BCUT2D eigenvalue weighted by Crippen LogP contribution is 2.41. The number of benzene rings is 7. The fraction of sp³-hybridized carbons (Fsp3) is 0.111. The average Bonchev–Trinajstić information content (AvgIpc) is 3.66. The lowest BCUT2D eigenvalue weighted by atomic mass is 9.93. The van der Waals surface area contributed by atoms with E-state index in [1.54, 1.807) is 6.07 Å². The number of rotatable bonds is 9. The van der Waals surface area contributed by atoms with Crippen LogP contribution in [0.2, 0.25) is 0 Å². The summed E-state index contributed by atoms with van der Waals surface area (Å²) in [6.45, 7) is 7.74. The number of pyridine rings is 1. The summed E-state index contributed by atoms with van der Waals surface area (Å²) < 4.78 is 19.4. The van der Waals surface area contributed by atoms with Crippen molar-refractivity contribution in [2.75, 3.05) is 0 Å². The maximum atomic E-state index is 11.3. The summed E-state index contributed by atoms with van der Waals surface area (Å²) in [5.74, 6) is -0.0283. The Morgan fingerprint density at radius 2 is 1.26 bits per heavy atom. The molecule has 0 radical (unpaired) electrons. The highest BCUT2D eigenvalue weighted by molar-refractivity contribution is 5.98. The standard InChI is InChI=1S/C54H45N3O/c1-5-37-28-42(35(2)3)30-43(29-37)40-23-24-50(36(4)27-40)57-51-21-14-20-47(53(51)56-54(57)48-19-12-13-22-52(48)58)45-31-44(39-17-10-7-11-18-39)32-46(33-45)49-34-41(25-26-55-49)38-15-8-6-9-16-38/h6-35,58H,5H2,1-4H3/i5D,35D. The van der Waals surface area contributed by atoms with Crippen LogP contribution in [-0.2, 0) is 6.40 Å². The lowest BCUT2D eigenvalue weighted by molar-refractivity contribution is 0.477. The van der Waals surface area contributed by atoms with E-state index in [4.69, 9.17) is 12.7 Å². The molecule has 0 aliphatic rings. The van der Waals surface area contributed by atoms with E-state index in [1.807, 2.05) is 69.4 Å². The van der Waals surface area contributed by atoms with Gasteiger partial charge in [0.25, 0.3) is 0 Å². The molecule has 282 valence electrons. The Morgan fingerprint density at radius 3 is 1.98 bits per heavy atom. The largest absolute Gasteiger partial charge is 0.507 e. The number of fused-ring (bicyclic) bond motifs is 1. The van der Waals surface area contributed by atoms with Crippen molar-refractivity contribution in [3.8, 4) is 78.6 Å². The molecule has 2 aromatic heterocycles. The highest BCUT2D eigenvalue weighted by Gasteiger charge is 2.22. The quantitative estimate of drug-likeness (QED) is 0.160. The van der Waals surface area contributed by atoms with Crippen molar-refractivity contribution < 1.29 is 7.85 Å². The van der Waals surface area contributed by atoms with E-state index in [1.165, 1.54) is 0 Å². The van der Waals surface area contributed by atoms with Gasteiger partial charge in [-0.2, -0.15) is 0 Å². The van der Waals surface area contributed by atoms with Gasteiger partial charge < -0.3 is 5.11 Å². The maximum absolute atomic E-state index is 11.3. The summed E-state index contributed by atoms with van der Waals surface area (Å²) in [5.41, 5.74) is 16.3. The number of hydrogen-bond acceptors (Lipinski definition) is 3. The van der Waals surface area contributed by atoms with Gasteiger partial charge in [-0.3, -0.25) is 9.55 Å². The molecule has 4 nitrogen and oxygen atoms in total. The van der Waals surface area contributed by atoms with Crippen LogP contribution in [0.25, 0.3) is 83.9 Å². The fourth-order valence-electron chi connectivity index (χ4n) is 7.91. The molecular formula is C54H45N3O. The molecule has 1 atom stereocenters. The highest BCUT2D eigenvalue weighted by atomic mass is 16.3. The van der Waals surface area contributed by atoms with E-state index >= 15 is 0 Å². The summed E-state index contributed by atoms with van der Waals surface area (Å²) in [7, 11) is 0. The van der Waals surface area contributed by atoms with Crippen LogP contribution < -0.4 is 0 Å². The van der Waals surface area contributed by atoms with Gasteiger partial charge in [-0.25, -0.2) is 4.98 Å². The number of aromatic nitrogens is 3. The second kappa shape index (κ2) is 15.5. The number of para-hydroxylation sites is 2. The van der Waals surface area contributed by atoms with E-state index in [0.29, 0.717) is 11.4 Å². The molecule has 0 spiro atoms. The third kappa shape index (κ3) is 6.99. The number of imidazole rings is 1. The zero-order valence-electron chi connectivity index (χ0n) is 35.1. The molecular weight excluding hydrogens is 707 g/mol. The van der Waals surface area contributed by atoms with Crippen LogP contribution in [0.15, 0.2) is 176 Å². The Labute approximate surface area is 343 Å².